The van der Waals surface area contributed by atoms with E-state index >= 15 is 0 Å². The first-order valence-electron chi connectivity index (χ1n) is 6.79. The summed E-state index contributed by atoms with van der Waals surface area (Å²) in [6, 6.07) is 0. The Balaban J connectivity index is 2.02. The number of aromatic nitrogens is 4. The molecule has 23 heavy (non-hydrogen) atoms. The van der Waals surface area contributed by atoms with Crippen molar-refractivity contribution in [2.75, 3.05) is 6.61 Å². The van der Waals surface area contributed by atoms with E-state index in [1.807, 2.05) is 0 Å². The van der Waals surface area contributed by atoms with Crippen LogP contribution in [-0.4, -0.2) is 65.4 Å². The van der Waals surface area contributed by atoms with Crippen LogP contribution in [0, 0.1) is 0 Å². The Labute approximate surface area is 128 Å². The summed E-state index contributed by atoms with van der Waals surface area (Å²) in [5.41, 5.74) is -1.09. The lowest BCUT2D eigenvalue weighted by molar-refractivity contribution is -0.268. The highest BCUT2D eigenvalue weighted by Gasteiger charge is 2.39. The van der Waals surface area contributed by atoms with Gasteiger partial charge in [-0.1, -0.05) is 0 Å². The highest BCUT2D eigenvalue weighted by atomic mass is 16.8. The van der Waals surface area contributed by atoms with E-state index in [0.29, 0.717) is 0 Å². The van der Waals surface area contributed by atoms with Crippen molar-refractivity contribution in [1.82, 2.24) is 18.8 Å². The van der Waals surface area contributed by atoms with Gasteiger partial charge in [-0.05, 0) is 0 Å². The number of nitrogens with zero attached hydrogens (tertiary/aromatic N) is 4. The summed E-state index contributed by atoms with van der Waals surface area (Å²) in [7, 11) is 2.76. The van der Waals surface area contributed by atoms with Gasteiger partial charge in [0.1, 0.15) is 24.6 Å². The smallest absolute Gasteiger partial charge is 0.332 e. The first kappa shape index (κ1) is 15.7. The molecular formula is C12H16N4O7. The molecule has 1 aliphatic heterocycles. The molecule has 1 unspecified atom stereocenters. The number of hydrogen-bond donors (Lipinski definition) is 3. The quantitative estimate of drug-likeness (QED) is 0.511. The summed E-state index contributed by atoms with van der Waals surface area (Å²) in [5.74, 6) is 0. The van der Waals surface area contributed by atoms with Crippen molar-refractivity contribution in [2.45, 2.75) is 24.6 Å². The van der Waals surface area contributed by atoms with Crippen molar-refractivity contribution in [1.29, 1.82) is 0 Å². The number of rotatable bonds is 2. The van der Waals surface area contributed by atoms with Gasteiger partial charge in [-0.25, -0.2) is 9.78 Å². The zero-order valence-corrected chi connectivity index (χ0v) is 12.4. The molecule has 11 nitrogen and oxygen atoms in total. The van der Waals surface area contributed by atoms with Gasteiger partial charge < -0.3 is 24.9 Å². The molecule has 126 valence electrons. The number of aliphatic hydroxyl groups is 3. The molecule has 1 fully saturated rings. The minimum absolute atomic E-state index is 0.000447. The largest absolute Gasteiger partial charge is 0.388 e. The van der Waals surface area contributed by atoms with Crippen LogP contribution < -0.4 is 16.1 Å². The molecule has 1 aliphatic rings. The number of hydrogen-bond acceptors (Lipinski definition) is 8. The molecule has 1 saturated heterocycles. The van der Waals surface area contributed by atoms with Crippen LogP contribution in [0.15, 0.2) is 15.9 Å². The van der Waals surface area contributed by atoms with Crippen molar-refractivity contribution in [2.24, 2.45) is 14.1 Å². The fraction of sp³-hybridized carbons (Fsp3) is 0.583. The maximum absolute atomic E-state index is 12.0. The van der Waals surface area contributed by atoms with Gasteiger partial charge in [-0.2, -0.15) is 4.73 Å². The third kappa shape index (κ3) is 2.34. The average molecular weight is 328 g/mol. The second-order valence-electron chi connectivity index (χ2n) is 5.30. The summed E-state index contributed by atoms with van der Waals surface area (Å²) in [5, 5.41) is 28.9. The Kier molecular flexibility index (Phi) is 3.72. The topological polar surface area (TPSA) is 141 Å². The van der Waals surface area contributed by atoms with E-state index in [0.717, 1.165) is 20.2 Å². The predicted octanol–water partition coefficient (Wildman–Crippen LogP) is -3.70. The van der Waals surface area contributed by atoms with E-state index in [2.05, 4.69) is 4.98 Å². The van der Waals surface area contributed by atoms with Gasteiger partial charge in [0.2, 0.25) is 0 Å². The second kappa shape index (κ2) is 5.45. The average Bonchev–Trinajstić information content (AvgIpc) is 2.95. The lowest BCUT2D eigenvalue weighted by Gasteiger charge is -2.34. The zero-order valence-electron chi connectivity index (χ0n) is 12.4. The molecule has 0 aromatic carbocycles. The number of imidazole rings is 1. The number of aryl methyl sites for hydroxylation is 1. The van der Waals surface area contributed by atoms with E-state index < -0.39 is 35.9 Å². The molecule has 3 rings (SSSR count). The fourth-order valence-electron chi connectivity index (χ4n) is 2.41. The van der Waals surface area contributed by atoms with Gasteiger partial charge in [-0.15, -0.1) is 0 Å². The van der Waals surface area contributed by atoms with Gasteiger partial charge in [0, 0.05) is 14.1 Å². The van der Waals surface area contributed by atoms with Crippen LogP contribution in [0.4, 0.5) is 0 Å². The van der Waals surface area contributed by atoms with Crippen LogP contribution in [0.3, 0.4) is 0 Å². The molecule has 0 spiro atoms. The minimum atomic E-state index is -1.51. The first-order valence-corrected chi connectivity index (χ1v) is 6.79. The summed E-state index contributed by atoms with van der Waals surface area (Å²) in [4.78, 5) is 33.3. The molecule has 2 aromatic rings. The van der Waals surface area contributed by atoms with Crippen LogP contribution in [0.5, 0.6) is 0 Å². The highest BCUT2D eigenvalue weighted by molar-refractivity contribution is 5.69. The van der Waals surface area contributed by atoms with E-state index in [4.69, 9.17) is 9.57 Å². The zero-order chi connectivity index (χ0) is 16.9. The van der Waals surface area contributed by atoms with E-state index in [9.17, 15) is 24.9 Å². The van der Waals surface area contributed by atoms with Crippen LogP contribution in [0.1, 0.15) is 0 Å². The third-order valence-electron chi connectivity index (χ3n) is 3.78. The monoisotopic (exact) mass is 328 g/mol. The van der Waals surface area contributed by atoms with Crippen molar-refractivity contribution >= 4 is 11.2 Å². The Morgan fingerprint density at radius 1 is 1.22 bits per heavy atom. The lowest BCUT2D eigenvalue weighted by atomic mass is 10.1. The molecule has 0 amide bonds. The fourth-order valence-corrected chi connectivity index (χ4v) is 2.41. The molecule has 3 N–H and O–H groups in total. The van der Waals surface area contributed by atoms with E-state index in [-0.39, 0.29) is 17.8 Å². The SMILES string of the molecule is Cn1c(=O)c2ncn(OC3OC[C@@H](O)[C@@H](O)[C@H]3O)c2n(C)c1=O. The number of fused-ring (bicyclic) bond motifs is 1. The molecule has 0 aliphatic carbocycles. The van der Waals surface area contributed by atoms with Crippen molar-refractivity contribution < 1.29 is 24.9 Å². The molecule has 0 bridgehead atoms. The maximum Gasteiger partial charge on any atom is 0.332 e. The number of ether oxygens (including phenoxy) is 1. The summed E-state index contributed by atoms with van der Waals surface area (Å²) in [6.45, 7) is -0.240. The van der Waals surface area contributed by atoms with Gasteiger partial charge >= 0.3 is 5.69 Å². The Morgan fingerprint density at radius 3 is 2.61 bits per heavy atom. The molecule has 3 heterocycles. The third-order valence-corrected chi connectivity index (χ3v) is 3.78. The summed E-state index contributed by atoms with van der Waals surface area (Å²) in [6.07, 6.45) is -4.34. The Bertz CT molecular complexity index is 853. The van der Waals surface area contributed by atoms with Crippen molar-refractivity contribution in [3.8, 4) is 0 Å². The second-order valence-corrected chi connectivity index (χ2v) is 5.30. The molecule has 2 aromatic heterocycles. The highest BCUT2D eigenvalue weighted by Crippen LogP contribution is 2.16. The standard InChI is InChI=1S/C12H16N4O7/c1-14-9-6(10(20)15(2)12(14)21)13-4-16(9)23-11-8(19)7(18)5(17)3-22-11/h4-5,7-8,11,17-19H,3H2,1-2H3/t5-,7-,8-,11?/m1/s1. The summed E-state index contributed by atoms with van der Waals surface area (Å²) >= 11 is 0. The molecule has 0 saturated carbocycles. The van der Waals surface area contributed by atoms with Gasteiger partial charge in [0.15, 0.2) is 11.2 Å². The lowest BCUT2D eigenvalue weighted by Crippen LogP contribution is -2.56. The van der Waals surface area contributed by atoms with Gasteiger partial charge in [0.05, 0.1) is 6.61 Å². The minimum Gasteiger partial charge on any atom is -0.388 e. The molecule has 4 atom stereocenters. The maximum atomic E-state index is 12.0. The number of aliphatic hydroxyl groups excluding tert-OH is 3. The Hall–Kier alpha value is -2.21. The van der Waals surface area contributed by atoms with Gasteiger partial charge in [-0.3, -0.25) is 13.9 Å². The van der Waals surface area contributed by atoms with Gasteiger partial charge in [0.25, 0.3) is 11.8 Å². The predicted molar refractivity (Wildman–Crippen MR) is 74.6 cm³/mol. The van der Waals surface area contributed by atoms with E-state index in [1.54, 1.807) is 0 Å². The Morgan fingerprint density at radius 2 is 1.91 bits per heavy atom. The van der Waals surface area contributed by atoms with Crippen molar-refractivity contribution in [3.05, 3.63) is 27.2 Å². The molecule has 0 radical (unpaired) electrons. The van der Waals surface area contributed by atoms with Crippen LogP contribution in [0.2, 0.25) is 0 Å². The van der Waals surface area contributed by atoms with Crippen LogP contribution in [-0.2, 0) is 18.8 Å². The van der Waals surface area contributed by atoms with E-state index in [1.165, 1.54) is 14.1 Å². The first-order chi connectivity index (χ1) is 10.8. The normalized spacial score (nSPS) is 28.2. The van der Waals surface area contributed by atoms with Crippen molar-refractivity contribution in [3.63, 3.8) is 0 Å². The molecule has 11 heteroatoms. The summed E-state index contributed by atoms with van der Waals surface area (Å²) < 4.78 is 8.19. The van der Waals surface area contributed by atoms with Crippen LogP contribution in [0.25, 0.3) is 11.2 Å². The molecular weight excluding hydrogens is 312 g/mol. The van der Waals surface area contributed by atoms with Crippen LogP contribution >= 0.6 is 0 Å².